The molecule has 2 aromatic rings. The Bertz CT molecular complexity index is 1160. The number of pyridine rings is 1. The van der Waals surface area contributed by atoms with Crippen molar-refractivity contribution >= 4 is 33.2 Å². The highest BCUT2D eigenvalue weighted by atomic mass is 32.2. The predicted octanol–water partition coefficient (Wildman–Crippen LogP) is 1.69. The minimum Gasteiger partial charge on any atom is -0.322 e. The van der Waals surface area contributed by atoms with Crippen molar-refractivity contribution in [1.29, 1.82) is 0 Å². The Morgan fingerprint density at radius 3 is 2.45 bits per heavy atom. The summed E-state index contributed by atoms with van der Waals surface area (Å²) in [7, 11) is -3.60. The van der Waals surface area contributed by atoms with Gasteiger partial charge in [-0.2, -0.15) is 4.31 Å². The van der Waals surface area contributed by atoms with Crippen LogP contribution in [0.4, 0.5) is 11.4 Å². The summed E-state index contributed by atoms with van der Waals surface area (Å²) in [4.78, 5) is 34.4. The lowest BCUT2D eigenvalue weighted by Gasteiger charge is -2.45. The van der Waals surface area contributed by atoms with Crippen molar-refractivity contribution in [3.05, 3.63) is 48.8 Å². The normalized spacial score (nSPS) is 21.1. The van der Waals surface area contributed by atoms with Crippen LogP contribution in [0.15, 0.2) is 53.7 Å². The van der Waals surface area contributed by atoms with Crippen molar-refractivity contribution in [3.8, 4) is 0 Å². The van der Waals surface area contributed by atoms with E-state index >= 15 is 0 Å². The van der Waals surface area contributed by atoms with Crippen LogP contribution >= 0.6 is 0 Å². The SMILES string of the molecule is O=C(CN1CCN(S(=O)(=O)c2cccnc2)CC1)N1c2ccccc2NC(=O)C12CCCC2. The molecule has 33 heavy (non-hydrogen) atoms. The number of fused-ring (bicyclic) bond motifs is 1. The van der Waals surface area contributed by atoms with Gasteiger partial charge in [0.05, 0.1) is 17.9 Å². The van der Waals surface area contributed by atoms with Crippen LogP contribution in [0, 0.1) is 0 Å². The molecule has 3 heterocycles. The zero-order valence-electron chi connectivity index (χ0n) is 18.3. The first-order chi connectivity index (χ1) is 15.9. The number of para-hydroxylation sites is 2. The Labute approximate surface area is 193 Å². The number of nitrogens with one attached hydrogen (secondary N) is 1. The molecule has 0 atom stereocenters. The fourth-order valence-corrected chi connectivity index (χ4v) is 6.55. The van der Waals surface area contributed by atoms with E-state index in [2.05, 4.69) is 10.3 Å². The second-order valence-corrected chi connectivity index (χ2v) is 10.7. The van der Waals surface area contributed by atoms with Crippen molar-refractivity contribution < 1.29 is 18.0 Å². The van der Waals surface area contributed by atoms with Crippen LogP contribution in [-0.2, 0) is 19.6 Å². The van der Waals surface area contributed by atoms with E-state index in [0.717, 1.165) is 18.5 Å². The minimum absolute atomic E-state index is 0.112. The lowest BCUT2D eigenvalue weighted by molar-refractivity contribution is -0.128. The number of piperazine rings is 1. The third kappa shape index (κ3) is 3.81. The first-order valence-electron chi connectivity index (χ1n) is 11.3. The van der Waals surface area contributed by atoms with Gasteiger partial charge >= 0.3 is 0 Å². The number of sulfonamides is 1. The Balaban J connectivity index is 1.31. The Kier molecular flexibility index (Phi) is 5.67. The number of anilines is 2. The molecule has 9 nitrogen and oxygen atoms in total. The molecule has 1 spiro atoms. The molecule has 1 aromatic carbocycles. The highest BCUT2D eigenvalue weighted by molar-refractivity contribution is 7.89. The maximum atomic E-state index is 13.6. The fraction of sp³-hybridized carbons (Fsp3) is 0.435. The number of hydrogen-bond acceptors (Lipinski definition) is 6. The molecule has 3 aliphatic rings. The molecule has 0 bridgehead atoms. The maximum Gasteiger partial charge on any atom is 0.250 e. The Morgan fingerprint density at radius 2 is 1.76 bits per heavy atom. The average molecular weight is 470 g/mol. The van der Waals surface area contributed by atoms with Gasteiger partial charge in [0.15, 0.2) is 0 Å². The predicted molar refractivity (Wildman–Crippen MR) is 123 cm³/mol. The third-order valence-electron chi connectivity index (χ3n) is 6.89. The molecule has 2 fully saturated rings. The van der Waals surface area contributed by atoms with Gasteiger partial charge in [0.2, 0.25) is 15.9 Å². The Morgan fingerprint density at radius 1 is 1.03 bits per heavy atom. The molecule has 2 amide bonds. The maximum absolute atomic E-state index is 13.6. The topological polar surface area (TPSA) is 103 Å². The molecular formula is C23H27N5O4S. The van der Waals surface area contributed by atoms with E-state index in [1.54, 1.807) is 17.2 Å². The number of carbonyl (C=O) groups is 2. The van der Waals surface area contributed by atoms with Crippen LogP contribution in [-0.4, -0.2) is 72.7 Å². The smallest absolute Gasteiger partial charge is 0.250 e. The zero-order chi connectivity index (χ0) is 23.1. The fourth-order valence-electron chi connectivity index (χ4n) is 5.17. The van der Waals surface area contributed by atoms with Crippen LogP contribution in [0.25, 0.3) is 0 Å². The highest BCUT2D eigenvalue weighted by Gasteiger charge is 2.52. The number of rotatable bonds is 4. The molecule has 0 unspecified atom stereocenters. The number of benzene rings is 1. The summed E-state index contributed by atoms with van der Waals surface area (Å²) in [6.45, 7) is 1.63. The number of amides is 2. The van der Waals surface area contributed by atoms with Gasteiger partial charge in [-0.15, -0.1) is 0 Å². The molecule has 1 aromatic heterocycles. The summed E-state index contributed by atoms with van der Waals surface area (Å²) >= 11 is 0. The third-order valence-corrected chi connectivity index (χ3v) is 8.77. The minimum atomic E-state index is -3.60. The van der Waals surface area contributed by atoms with E-state index in [1.807, 2.05) is 29.2 Å². The molecule has 2 aliphatic heterocycles. The second kappa shape index (κ2) is 8.51. The molecular weight excluding hydrogens is 442 g/mol. The van der Waals surface area contributed by atoms with Crippen LogP contribution in [0.5, 0.6) is 0 Å². The van der Waals surface area contributed by atoms with E-state index < -0.39 is 15.6 Å². The van der Waals surface area contributed by atoms with Gasteiger partial charge in [-0.05, 0) is 37.1 Å². The quantitative estimate of drug-likeness (QED) is 0.731. The van der Waals surface area contributed by atoms with Gasteiger partial charge < -0.3 is 5.32 Å². The van der Waals surface area contributed by atoms with E-state index in [1.165, 1.54) is 16.6 Å². The Hall–Kier alpha value is -2.82. The van der Waals surface area contributed by atoms with Gasteiger partial charge in [-0.1, -0.05) is 25.0 Å². The molecule has 10 heteroatoms. The molecule has 174 valence electrons. The number of hydrogen-bond donors (Lipinski definition) is 1. The largest absolute Gasteiger partial charge is 0.322 e. The van der Waals surface area contributed by atoms with E-state index in [4.69, 9.17) is 0 Å². The summed E-state index contributed by atoms with van der Waals surface area (Å²) in [5.41, 5.74) is 0.555. The number of aromatic nitrogens is 1. The summed E-state index contributed by atoms with van der Waals surface area (Å²) in [5.74, 6) is -0.234. The van der Waals surface area contributed by atoms with Gasteiger partial charge in [-0.3, -0.25) is 24.4 Å². The van der Waals surface area contributed by atoms with E-state index in [0.29, 0.717) is 44.7 Å². The van der Waals surface area contributed by atoms with Crippen molar-refractivity contribution in [2.75, 3.05) is 42.9 Å². The van der Waals surface area contributed by atoms with E-state index in [-0.39, 0.29) is 23.3 Å². The summed E-state index contributed by atoms with van der Waals surface area (Å²) < 4.78 is 27.1. The first kappa shape index (κ1) is 22.0. The molecule has 1 N–H and O–H groups in total. The monoisotopic (exact) mass is 469 g/mol. The van der Waals surface area contributed by atoms with Crippen molar-refractivity contribution in [3.63, 3.8) is 0 Å². The summed E-state index contributed by atoms with van der Waals surface area (Å²) in [6, 6.07) is 10.6. The molecule has 5 rings (SSSR count). The summed E-state index contributed by atoms with van der Waals surface area (Å²) in [5, 5.41) is 2.99. The van der Waals surface area contributed by atoms with Crippen molar-refractivity contribution in [1.82, 2.24) is 14.2 Å². The number of nitrogens with zero attached hydrogens (tertiary/aromatic N) is 4. The number of carbonyl (C=O) groups excluding carboxylic acids is 2. The van der Waals surface area contributed by atoms with Crippen molar-refractivity contribution in [2.24, 2.45) is 0 Å². The van der Waals surface area contributed by atoms with Gasteiger partial charge in [0.25, 0.3) is 5.91 Å². The van der Waals surface area contributed by atoms with Crippen LogP contribution < -0.4 is 10.2 Å². The standard InChI is InChI=1S/C23H27N5O4S/c29-21(17-26-12-14-27(15-13-26)33(31,32)18-6-5-11-24-16-18)28-20-8-2-1-7-19(20)25-22(30)23(28)9-3-4-10-23/h1-2,5-8,11,16H,3-4,9-10,12-15,17H2,(H,25,30). The molecule has 0 radical (unpaired) electrons. The first-order valence-corrected chi connectivity index (χ1v) is 12.7. The van der Waals surface area contributed by atoms with Crippen molar-refractivity contribution in [2.45, 2.75) is 36.1 Å². The second-order valence-electron chi connectivity index (χ2n) is 8.81. The highest BCUT2D eigenvalue weighted by Crippen LogP contribution is 2.45. The molecule has 1 saturated heterocycles. The van der Waals surface area contributed by atoms with Crippen LogP contribution in [0.3, 0.4) is 0 Å². The molecule has 1 aliphatic carbocycles. The van der Waals surface area contributed by atoms with Gasteiger partial charge in [0, 0.05) is 38.6 Å². The van der Waals surface area contributed by atoms with E-state index in [9.17, 15) is 18.0 Å². The lowest BCUT2D eigenvalue weighted by Crippen LogP contribution is -2.62. The van der Waals surface area contributed by atoms with Crippen LogP contribution in [0.2, 0.25) is 0 Å². The molecule has 1 saturated carbocycles. The van der Waals surface area contributed by atoms with Crippen LogP contribution in [0.1, 0.15) is 25.7 Å². The average Bonchev–Trinajstić information content (AvgIpc) is 3.31. The van der Waals surface area contributed by atoms with Gasteiger partial charge in [-0.25, -0.2) is 8.42 Å². The summed E-state index contributed by atoms with van der Waals surface area (Å²) in [6.07, 6.45) is 6.00. The van der Waals surface area contributed by atoms with Gasteiger partial charge in [0.1, 0.15) is 10.4 Å². The lowest BCUT2D eigenvalue weighted by atomic mass is 9.89. The zero-order valence-corrected chi connectivity index (χ0v) is 19.1.